The molecule has 0 aliphatic rings. The van der Waals surface area contributed by atoms with Crippen molar-refractivity contribution in [2.24, 2.45) is 5.73 Å². The van der Waals surface area contributed by atoms with Gasteiger partial charge in [-0.25, -0.2) is 4.79 Å². The van der Waals surface area contributed by atoms with E-state index in [9.17, 15) is 9.59 Å². The zero-order chi connectivity index (χ0) is 14.7. The number of hydrogen-bond donors (Lipinski definition) is 2. The highest BCUT2D eigenvalue weighted by molar-refractivity contribution is 6.30. The molecule has 0 fully saturated rings. The van der Waals surface area contributed by atoms with Crippen LogP contribution in [0.15, 0.2) is 42.5 Å². The Hall–Kier alpha value is -2.53. The van der Waals surface area contributed by atoms with Crippen molar-refractivity contribution in [1.29, 1.82) is 0 Å². The highest BCUT2D eigenvalue weighted by Gasteiger charge is 2.12. The normalized spacial score (nSPS) is 10.1. The van der Waals surface area contributed by atoms with Gasteiger partial charge in [-0.05, 0) is 36.4 Å². The Morgan fingerprint density at radius 1 is 1.10 bits per heavy atom. The lowest BCUT2D eigenvalue weighted by Crippen LogP contribution is -2.10. The van der Waals surface area contributed by atoms with Crippen molar-refractivity contribution in [3.8, 4) is 11.5 Å². The van der Waals surface area contributed by atoms with Gasteiger partial charge in [-0.2, -0.15) is 0 Å². The number of benzene rings is 2. The number of nitrogens with two attached hydrogens (primary N) is 1. The maximum Gasteiger partial charge on any atom is 0.339 e. The molecule has 1 amide bonds. The van der Waals surface area contributed by atoms with Crippen LogP contribution >= 0.6 is 11.6 Å². The largest absolute Gasteiger partial charge is 0.478 e. The zero-order valence-electron chi connectivity index (χ0n) is 10.2. The number of hydrogen-bond acceptors (Lipinski definition) is 3. The minimum Gasteiger partial charge on any atom is -0.478 e. The van der Waals surface area contributed by atoms with Crippen molar-refractivity contribution < 1.29 is 19.4 Å². The third kappa shape index (κ3) is 3.07. The second kappa shape index (κ2) is 5.63. The Morgan fingerprint density at radius 2 is 1.75 bits per heavy atom. The Morgan fingerprint density at radius 3 is 2.30 bits per heavy atom. The molecule has 2 aromatic carbocycles. The topological polar surface area (TPSA) is 89.6 Å². The van der Waals surface area contributed by atoms with E-state index in [0.29, 0.717) is 16.3 Å². The van der Waals surface area contributed by atoms with Crippen molar-refractivity contribution in [2.45, 2.75) is 0 Å². The van der Waals surface area contributed by atoms with Crippen molar-refractivity contribution >= 4 is 23.5 Å². The van der Waals surface area contributed by atoms with Gasteiger partial charge in [0.2, 0.25) is 5.91 Å². The lowest BCUT2D eigenvalue weighted by Gasteiger charge is -2.09. The fourth-order valence-electron chi connectivity index (χ4n) is 1.57. The first-order valence-electron chi connectivity index (χ1n) is 5.58. The molecule has 0 atom stereocenters. The van der Waals surface area contributed by atoms with E-state index in [2.05, 4.69) is 0 Å². The van der Waals surface area contributed by atoms with Gasteiger partial charge in [-0.1, -0.05) is 11.6 Å². The van der Waals surface area contributed by atoms with Gasteiger partial charge in [-0.15, -0.1) is 0 Å². The van der Waals surface area contributed by atoms with Crippen LogP contribution in [0, 0.1) is 0 Å². The number of halogens is 1. The van der Waals surface area contributed by atoms with Crippen LogP contribution < -0.4 is 10.5 Å². The number of aromatic carboxylic acids is 1. The maximum atomic E-state index is 11.1. The molecular formula is C14H10ClNO4. The Bertz CT molecular complexity index is 667. The van der Waals surface area contributed by atoms with Crippen molar-refractivity contribution in [3.05, 3.63) is 58.6 Å². The number of carboxylic acids is 1. The van der Waals surface area contributed by atoms with E-state index < -0.39 is 11.9 Å². The summed E-state index contributed by atoms with van der Waals surface area (Å²) < 4.78 is 5.47. The summed E-state index contributed by atoms with van der Waals surface area (Å²) in [7, 11) is 0. The fraction of sp³-hybridized carbons (Fsp3) is 0. The summed E-state index contributed by atoms with van der Waals surface area (Å²) in [6, 6.07) is 10.3. The van der Waals surface area contributed by atoms with Crippen molar-refractivity contribution in [3.63, 3.8) is 0 Å². The van der Waals surface area contributed by atoms with Crippen LogP contribution in [-0.4, -0.2) is 17.0 Å². The summed E-state index contributed by atoms with van der Waals surface area (Å²) in [6.07, 6.45) is 0. The van der Waals surface area contributed by atoms with Crippen LogP contribution in [0.1, 0.15) is 20.7 Å². The molecule has 2 rings (SSSR count). The Balaban J connectivity index is 2.31. The van der Waals surface area contributed by atoms with Gasteiger partial charge in [0.25, 0.3) is 0 Å². The average Bonchev–Trinajstić information content (AvgIpc) is 2.39. The van der Waals surface area contributed by atoms with E-state index in [1.165, 1.54) is 42.5 Å². The van der Waals surface area contributed by atoms with E-state index in [0.717, 1.165) is 0 Å². The zero-order valence-corrected chi connectivity index (χ0v) is 10.9. The fourth-order valence-corrected chi connectivity index (χ4v) is 1.73. The predicted octanol–water partition coefficient (Wildman–Crippen LogP) is 2.93. The quantitative estimate of drug-likeness (QED) is 0.906. The number of carbonyl (C=O) groups is 2. The van der Waals surface area contributed by atoms with Crippen LogP contribution in [0.2, 0.25) is 5.02 Å². The maximum absolute atomic E-state index is 11.1. The molecule has 0 heterocycles. The molecule has 0 spiro atoms. The van der Waals surface area contributed by atoms with Gasteiger partial charge in [0.15, 0.2) is 0 Å². The van der Waals surface area contributed by atoms with Gasteiger partial charge in [0.1, 0.15) is 17.1 Å². The molecule has 2 aromatic rings. The summed E-state index contributed by atoms with van der Waals surface area (Å²) in [5.74, 6) is -1.17. The third-order valence-electron chi connectivity index (χ3n) is 2.54. The molecule has 0 saturated heterocycles. The molecule has 0 aromatic heterocycles. The predicted molar refractivity (Wildman–Crippen MR) is 73.4 cm³/mol. The van der Waals surface area contributed by atoms with E-state index in [4.69, 9.17) is 27.2 Å². The first-order valence-corrected chi connectivity index (χ1v) is 5.96. The Labute approximate surface area is 119 Å². The van der Waals surface area contributed by atoms with E-state index in [1.54, 1.807) is 0 Å². The standard InChI is InChI=1S/C14H10ClNO4/c15-9-3-6-11(14(18)19)12(7-9)20-10-4-1-8(2-5-10)13(16)17/h1-7H,(H2,16,17)(H,18,19). The lowest BCUT2D eigenvalue weighted by molar-refractivity contribution is 0.0694. The minimum atomic E-state index is -1.12. The molecule has 0 aliphatic heterocycles. The highest BCUT2D eigenvalue weighted by Crippen LogP contribution is 2.28. The smallest absolute Gasteiger partial charge is 0.339 e. The van der Waals surface area contributed by atoms with Gasteiger partial charge in [0, 0.05) is 16.7 Å². The van der Waals surface area contributed by atoms with E-state index in [1.807, 2.05) is 0 Å². The molecule has 0 unspecified atom stereocenters. The molecule has 0 saturated carbocycles. The summed E-state index contributed by atoms with van der Waals surface area (Å²) >= 11 is 5.82. The number of amides is 1. The number of primary amides is 1. The Kier molecular flexibility index (Phi) is 3.91. The molecule has 6 heteroatoms. The number of ether oxygens (including phenoxy) is 1. The molecular weight excluding hydrogens is 282 g/mol. The van der Waals surface area contributed by atoms with Gasteiger partial charge >= 0.3 is 5.97 Å². The van der Waals surface area contributed by atoms with Crippen LogP contribution in [-0.2, 0) is 0 Å². The van der Waals surface area contributed by atoms with E-state index >= 15 is 0 Å². The summed E-state index contributed by atoms with van der Waals surface area (Å²) in [6.45, 7) is 0. The molecule has 20 heavy (non-hydrogen) atoms. The monoisotopic (exact) mass is 291 g/mol. The second-order valence-electron chi connectivity index (χ2n) is 3.94. The lowest BCUT2D eigenvalue weighted by atomic mass is 10.2. The van der Waals surface area contributed by atoms with Crippen molar-refractivity contribution in [2.75, 3.05) is 0 Å². The summed E-state index contributed by atoms with van der Waals surface area (Å²) in [5.41, 5.74) is 5.45. The SMILES string of the molecule is NC(=O)c1ccc(Oc2cc(Cl)ccc2C(=O)O)cc1. The molecule has 3 N–H and O–H groups in total. The van der Waals surface area contributed by atoms with Crippen LogP contribution in [0.3, 0.4) is 0 Å². The van der Waals surface area contributed by atoms with Crippen molar-refractivity contribution in [1.82, 2.24) is 0 Å². The van der Waals surface area contributed by atoms with Gasteiger partial charge in [-0.3, -0.25) is 4.79 Å². The first kappa shape index (κ1) is 13.9. The van der Waals surface area contributed by atoms with Crippen LogP contribution in [0.25, 0.3) is 0 Å². The van der Waals surface area contributed by atoms with Gasteiger partial charge in [0.05, 0.1) is 0 Å². The minimum absolute atomic E-state index is 0.00613. The molecule has 5 nitrogen and oxygen atoms in total. The van der Waals surface area contributed by atoms with Crippen LogP contribution in [0.5, 0.6) is 11.5 Å². The first-order chi connectivity index (χ1) is 9.47. The molecule has 0 radical (unpaired) electrons. The average molecular weight is 292 g/mol. The summed E-state index contributed by atoms with van der Waals surface area (Å²) in [5, 5.41) is 9.43. The molecule has 102 valence electrons. The number of rotatable bonds is 4. The highest BCUT2D eigenvalue weighted by atomic mass is 35.5. The van der Waals surface area contributed by atoms with E-state index in [-0.39, 0.29) is 11.3 Å². The van der Waals surface area contributed by atoms with Gasteiger partial charge < -0.3 is 15.6 Å². The summed E-state index contributed by atoms with van der Waals surface area (Å²) in [4.78, 5) is 22.0. The molecule has 0 bridgehead atoms. The van der Waals surface area contributed by atoms with Crippen LogP contribution in [0.4, 0.5) is 0 Å². The number of carbonyl (C=O) groups excluding carboxylic acids is 1. The molecule has 0 aliphatic carbocycles. The third-order valence-corrected chi connectivity index (χ3v) is 2.78. The number of carboxylic acid groups (broad SMARTS) is 1. The second-order valence-corrected chi connectivity index (χ2v) is 4.37.